The van der Waals surface area contributed by atoms with E-state index in [-0.39, 0.29) is 28.8 Å². The molecular weight excluding hydrogens is 495 g/mol. The van der Waals surface area contributed by atoms with Crippen LogP contribution in [0.15, 0.2) is 48.7 Å². The summed E-state index contributed by atoms with van der Waals surface area (Å²) in [5, 5.41) is 5.92. The summed E-state index contributed by atoms with van der Waals surface area (Å²) in [6.45, 7) is 2.02. The summed E-state index contributed by atoms with van der Waals surface area (Å²) in [7, 11) is -3.28. The Bertz CT molecular complexity index is 1530. The van der Waals surface area contributed by atoms with Crippen molar-refractivity contribution in [3.05, 3.63) is 65.6 Å². The van der Waals surface area contributed by atoms with Gasteiger partial charge in [0.2, 0.25) is 21.8 Å². The number of rotatable bonds is 8. The number of aromatic amines is 1. The summed E-state index contributed by atoms with van der Waals surface area (Å²) in [6.07, 6.45) is -1.55. The summed E-state index contributed by atoms with van der Waals surface area (Å²) in [5.41, 5.74) is 3.18. The average Bonchev–Trinajstić information content (AvgIpc) is 3.60. The Labute approximate surface area is 204 Å². The Balaban J connectivity index is 1.30. The molecule has 13 heteroatoms. The minimum Gasteiger partial charge on any atom is -0.340 e. The molecule has 2 aromatic carbocycles. The maximum atomic E-state index is 12.9. The van der Waals surface area contributed by atoms with Gasteiger partial charge in [-0.15, -0.1) is 0 Å². The zero-order valence-corrected chi connectivity index (χ0v) is 19.8. The van der Waals surface area contributed by atoms with Crippen molar-refractivity contribution >= 4 is 44.2 Å². The van der Waals surface area contributed by atoms with E-state index in [0.717, 1.165) is 11.1 Å². The van der Waals surface area contributed by atoms with Crippen LogP contribution >= 0.6 is 0 Å². The number of anilines is 4. The maximum absolute atomic E-state index is 12.9. The first-order valence-corrected chi connectivity index (χ1v) is 12.6. The highest BCUT2D eigenvalue weighted by Crippen LogP contribution is 2.30. The molecule has 188 valence electrons. The van der Waals surface area contributed by atoms with Gasteiger partial charge in [-0.1, -0.05) is 12.1 Å². The van der Waals surface area contributed by atoms with E-state index >= 15 is 0 Å². The van der Waals surface area contributed by atoms with Gasteiger partial charge in [-0.05, 0) is 55.7 Å². The van der Waals surface area contributed by atoms with Crippen molar-refractivity contribution in [2.45, 2.75) is 37.7 Å². The Morgan fingerprint density at radius 1 is 1.06 bits per heavy atom. The van der Waals surface area contributed by atoms with Crippen molar-refractivity contribution < 1.29 is 21.6 Å². The molecular formula is C23H22F3N7O2S. The van der Waals surface area contributed by atoms with E-state index in [1.165, 1.54) is 12.1 Å². The van der Waals surface area contributed by atoms with Crippen LogP contribution in [0.3, 0.4) is 0 Å². The largest absolute Gasteiger partial charge is 0.449 e. The standard InChI is InChI=1S/C23H22F3N7O2S/c1-13-11-27-22(30-16-5-8-18-19(10-16)32-21(31-18)23(24,25)26)33-20(13)29-15-4-2-3-14(9-15)12-28-36(34,35)17-6-7-17/h2-5,8-11,17,28H,6-7,12H2,1H3,(H,31,32)(H2,27,29,30,33). The van der Waals surface area contributed by atoms with E-state index < -0.39 is 22.0 Å². The summed E-state index contributed by atoms with van der Waals surface area (Å²) in [4.78, 5) is 14.6. The predicted molar refractivity (Wildman–Crippen MR) is 130 cm³/mol. The lowest BCUT2D eigenvalue weighted by molar-refractivity contribution is -0.144. The average molecular weight is 518 g/mol. The molecule has 5 rings (SSSR count). The number of aryl methyl sites for hydroxylation is 1. The van der Waals surface area contributed by atoms with Crippen LogP contribution in [0.2, 0.25) is 0 Å². The van der Waals surface area contributed by atoms with Crippen LogP contribution in [0.4, 0.5) is 36.3 Å². The van der Waals surface area contributed by atoms with Crippen molar-refractivity contribution in [3.63, 3.8) is 0 Å². The lowest BCUT2D eigenvalue weighted by atomic mass is 10.2. The third-order valence-electron chi connectivity index (χ3n) is 5.61. The van der Waals surface area contributed by atoms with E-state index in [2.05, 4.69) is 35.3 Å². The number of nitrogens with one attached hydrogen (secondary N) is 4. The molecule has 0 radical (unpaired) electrons. The Hall–Kier alpha value is -3.71. The minimum atomic E-state index is -4.56. The van der Waals surface area contributed by atoms with Crippen LogP contribution in [0.25, 0.3) is 11.0 Å². The first kappa shape index (κ1) is 24.0. The molecule has 0 spiro atoms. The van der Waals surface area contributed by atoms with Gasteiger partial charge in [-0.3, -0.25) is 0 Å². The van der Waals surface area contributed by atoms with E-state index in [1.54, 1.807) is 12.3 Å². The molecule has 1 aliphatic carbocycles. The number of halogens is 3. The number of sulfonamides is 1. The van der Waals surface area contributed by atoms with Gasteiger partial charge in [0.1, 0.15) is 5.82 Å². The molecule has 1 aliphatic rings. The van der Waals surface area contributed by atoms with Crippen molar-refractivity contribution in [1.82, 2.24) is 24.7 Å². The summed E-state index contributed by atoms with van der Waals surface area (Å²) in [5.74, 6) is -0.299. The maximum Gasteiger partial charge on any atom is 0.449 e. The zero-order valence-electron chi connectivity index (χ0n) is 19.0. The van der Waals surface area contributed by atoms with E-state index in [0.29, 0.717) is 30.0 Å². The van der Waals surface area contributed by atoms with Gasteiger partial charge in [0.25, 0.3) is 0 Å². The number of fused-ring (bicyclic) bond motifs is 1. The normalized spacial score (nSPS) is 14.2. The summed E-state index contributed by atoms with van der Waals surface area (Å²) in [6, 6.07) is 11.9. The van der Waals surface area contributed by atoms with E-state index in [1.807, 2.05) is 31.2 Å². The van der Waals surface area contributed by atoms with Crippen LogP contribution in [0.1, 0.15) is 29.8 Å². The molecule has 9 nitrogen and oxygen atoms in total. The van der Waals surface area contributed by atoms with Crippen molar-refractivity contribution in [2.24, 2.45) is 0 Å². The number of alkyl halides is 3. The monoisotopic (exact) mass is 517 g/mol. The van der Waals surface area contributed by atoms with Crippen molar-refractivity contribution in [1.29, 1.82) is 0 Å². The fraction of sp³-hybridized carbons (Fsp3) is 0.261. The van der Waals surface area contributed by atoms with Gasteiger partial charge >= 0.3 is 6.18 Å². The lowest BCUT2D eigenvalue weighted by Crippen LogP contribution is -2.26. The first-order valence-electron chi connectivity index (χ1n) is 11.1. The van der Waals surface area contributed by atoms with Crippen LogP contribution < -0.4 is 15.4 Å². The molecule has 36 heavy (non-hydrogen) atoms. The van der Waals surface area contributed by atoms with Crippen LogP contribution in [0, 0.1) is 6.92 Å². The molecule has 0 bridgehead atoms. The van der Waals surface area contributed by atoms with Crippen molar-refractivity contribution in [3.8, 4) is 0 Å². The van der Waals surface area contributed by atoms with Gasteiger partial charge < -0.3 is 15.6 Å². The molecule has 0 atom stereocenters. The fourth-order valence-electron chi connectivity index (χ4n) is 3.56. The van der Waals surface area contributed by atoms with Gasteiger partial charge in [0, 0.05) is 29.7 Å². The second kappa shape index (κ2) is 9.06. The molecule has 2 heterocycles. The van der Waals surface area contributed by atoms with Crippen LogP contribution in [-0.4, -0.2) is 33.6 Å². The molecule has 0 amide bonds. The second-order valence-corrected chi connectivity index (χ2v) is 10.6. The minimum absolute atomic E-state index is 0.191. The van der Waals surface area contributed by atoms with Gasteiger partial charge in [-0.25, -0.2) is 23.1 Å². The Morgan fingerprint density at radius 3 is 2.58 bits per heavy atom. The number of aromatic nitrogens is 4. The third kappa shape index (κ3) is 5.41. The van der Waals surface area contributed by atoms with Crippen LogP contribution in [0.5, 0.6) is 0 Å². The molecule has 0 unspecified atom stereocenters. The van der Waals surface area contributed by atoms with E-state index in [4.69, 9.17) is 0 Å². The summed E-state index contributed by atoms with van der Waals surface area (Å²) < 4.78 is 65.6. The summed E-state index contributed by atoms with van der Waals surface area (Å²) >= 11 is 0. The molecule has 4 aromatic rings. The Kier molecular flexibility index (Phi) is 6.04. The number of hydrogen-bond acceptors (Lipinski definition) is 7. The third-order valence-corrected chi connectivity index (χ3v) is 7.50. The smallest absolute Gasteiger partial charge is 0.340 e. The van der Waals surface area contributed by atoms with Gasteiger partial charge in [0.15, 0.2) is 0 Å². The highest BCUT2D eigenvalue weighted by atomic mass is 32.2. The van der Waals surface area contributed by atoms with Gasteiger partial charge in [0.05, 0.1) is 16.3 Å². The molecule has 1 saturated carbocycles. The molecule has 0 aliphatic heterocycles. The second-order valence-electron chi connectivity index (χ2n) is 8.56. The molecule has 0 saturated heterocycles. The van der Waals surface area contributed by atoms with Crippen LogP contribution in [-0.2, 0) is 22.7 Å². The number of nitrogens with zero attached hydrogens (tertiary/aromatic N) is 3. The first-order chi connectivity index (χ1) is 17.1. The molecule has 1 fully saturated rings. The zero-order chi connectivity index (χ0) is 25.5. The predicted octanol–water partition coefficient (Wildman–Crippen LogP) is 4.75. The topological polar surface area (TPSA) is 125 Å². The molecule has 2 aromatic heterocycles. The fourth-order valence-corrected chi connectivity index (χ4v) is 4.92. The lowest BCUT2D eigenvalue weighted by Gasteiger charge is -2.12. The van der Waals surface area contributed by atoms with Gasteiger partial charge in [-0.2, -0.15) is 18.2 Å². The SMILES string of the molecule is Cc1cnc(Nc2ccc3nc(C(F)(F)F)[nH]c3c2)nc1Nc1cccc(CNS(=O)(=O)C2CC2)c1. The number of imidazole rings is 1. The highest BCUT2D eigenvalue weighted by molar-refractivity contribution is 7.90. The number of H-pyrrole nitrogens is 1. The highest BCUT2D eigenvalue weighted by Gasteiger charge is 2.35. The quantitative estimate of drug-likeness (QED) is 0.266. The van der Waals surface area contributed by atoms with E-state index in [9.17, 15) is 21.6 Å². The number of hydrogen-bond donors (Lipinski definition) is 4. The Morgan fingerprint density at radius 2 is 1.83 bits per heavy atom. The molecule has 4 N–H and O–H groups in total. The number of benzene rings is 2. The van der Waals surface area contributed by atoms with Crippen molar-refractivity contribution in [2.75, 3.05) is 10.6 Å².